The van der Waals surface area contributed by atoms with Crippen LogP contribution in [-0.2, 0) is 16.0 Å². The third kappa shape index (κ3) is 5.05. The quantitative estimate of drug-likeness (QED) is 0.863. The van der Waals surface area contributed by atoms with Crippen molar-refractivity contribution in [2.75, 3.05) is 26.0 Å². The molecule has 0 radical (unpaired) electrons. The molecule has 6 heteroatoms. The van der Waals surface area contributed by atoms with Gasteiger partial charge in [-0.05, 0) is 48.7 Å². The Bertz CT molecular complexity index is 821. The molecular formula is C20H23FN2O3. The number of nitrogens with zero attached hydrogens (tertiary/aromatic N) is 1. The van der Waals surface area contributed by atoms with E-state index in [1.165, 1.54) is 24.1 Å². The Kier molecular flexibility index (Phi) is 6.33. The predicted molar refractivity (Wildman–Crippen MR) is 98.8 cm³/mol. The van der Waals surface area contributed by atoms with E-state index < -0.39 is 5.82 Å². The highest BCUT2D eigenvalue weighted by molar-refractivity contribution is 5.95. The molecule has 0 saturated heterocycles. The summed E-state index contributed by atoms with van der Waals surface area (Å²) >= 11 is 0. The van der Waals surface area contributed by atoms with Gasteiger partial charge in [0, 0.05) is 12.7 Å². The fourth-order valence-corrected chi connectivity index (χ4v) is 2.49. The number of carbonyl (C=O) groups excluding carboxylic acids is 2. The topological polar surface area (TPSA) is 58.6 Å². The van der Waals surface area contributed by atoms with Crippen LogP contribution < -0.4 is 10.1 Å². The van der Waals surface area contributed by atoms with Crippen LogP contribution in [0.5, 0.6) is 5.75 Å². The standard InChI is InChI=1S/C20H23FN2O3/c1-13-5-6-14(2)17(9-13)22-19(24)12-23(3)20(25)11-15-7-8-18(26-4)16(21)10-15/h5-10H,11-12H2,1-4H3,(H,22,24). The molecule has 0 saturated carbocycles. The van der Waals surface area contributed by atoms with E-state index >= 15 is 0 Å². The third-order valence-corrected chi connectivity index (χ3v) is 4.05. The zero-order chi connectivity index (χ0) is 19.3. The van der Waals surface area contributed by atoms with Crippen LogP contribution in [0, 0.1) is 19.7 Å². The third-order valence-electron chi connectivity index (χ3n) is 4.05. The van der Waals surface area contributed by atoms with Crippen LogP contribution >= 0.6 is 0 Å². The Balaban J connectivity index is 1.94. The summed E-state index contributed by atoms with van der Waals surface area (Å²) in [5, 5.41) is 2.82. The summed E-state index contributed by atoms with van der Waals surface area (Å²) in [6.45, 7) is 3.77. The molecular weight excluding hydrogens is 335 g/mol. The smallest absolute Gasteiger partial charge is 0.243 e. The molecule has 0 atom stereocenters. The maximum Gasteiger partial charge on any atom is 0.243 e. The second kappa shape index (κ2) is 8.47. The Morgan fingerprint density at radius 3 is 2.54 bits per heavy atom. The van der Waals surface area contributed by atoms with Crippen molar-refractivity contribution in [3.63, 3.8) is 0 Å². The molecule has 0 spiro atoms. The molecule has 2 rings (SSSR count). The molecule has 0 aromatic heterocycles. The average Bonchev–Trinajstić information content (AvgIpc) is 2.58. The fraction of sp³-hybridized carbons (Fsp3) is 0.300. The molecule has 0 fully saturated rings. The number of halogens is 1. The highest BCUT2D eigenvalue weighted by Gasteiger charge is 2.15. The van der Waals surface area contributed by atoms with Crippen molar-refractivity contribution in [1.29, 1.82) is 0 Å². The molecule has 2 aromatic carbocycles. The van der Waals surface area contributed by atoms with Gasteiger partial charge >= 0.3 is 0 Å². The van der Waals surface area contributed by atoms with Crippen molar-refractivity contribution in [1.82, 2.24) is 4.90 Å². The number of nitrogens with one attached hydrogen (secondary N) is 1. The summed E-state index contributed by atoms with van der Waals surface area (Å²) in [6.07, 6.45) is 0.00810. The van der Waals surface area contributed by atoms with Crippen LogP contribution in [0.25, 0.3) is 0 Å². The zero-order valence-corrected chi connectivity index (χ0v) is 15.4. The first-order valence-electron chi connectivity index (χ1n) is 8.23. The van der Waals surface area contributed by atoms with E-state index in [1.807, 2.05) is 32.0 Å². The Labute approximate surface area is 152 Å². The maximum atomic E-state index is 13.7. The van der Waals surface area contributed by atoms with Gasteiger partial charge in [-0.3, -0.25) is 9.59 Å². The molecule has 0 aliphatic carbocycles. The summed E-state index contributed by atoms with van der Waals surface area (Å²) in [4.78, 5) is 25.8. The fourth-order valence-electron chi connectivity index (χ4n) is 2.49. The van der Waals surface area contributed by atoms with Gasteiger partial charge in [-0.25, -0.2) is 4.39 Å². The number of carbonyl (C=O) groups is 2. The number of hydrogen-bond acceptors (Lipinski definition) is 3. The number of anilines is 1. The van der Waals surface area contributed by atoms with Gasteiger partial charge in [-0.15, -0.1) is 0 Å². The van der Waals surface area contributed by atoms with Crippen LogP contribution in [0.15, 0.2) is 36.4 Å². The van der Waals surface area contributed by atoms with E-state index in [2.05, 4.69) is 5.32 Å². The van der Waals surface area contributed by atoms with Gasteiger partial charge in [0.2, 0.25) is 11.8 Å². The number of aryl methyl sites for hydroxylation is 2. The number of methoxy groups -OCH3 is 1. The monoisotopic (exact) mass is 358 g/mol. The van der Waals surface area contributed by atoms with E-state index in [0.29, 0.717) is 5.56 Å². The number of ether oxygens (including phenoxy) is 1. The molecule has 138 valence electrons. The van der Waals surface area contributed by atoms with Crippen LogP contribution in [0.3, 0.4) is 0 Å². The SMILES string of the molecule is COc1ccc(CC(=O)N(C)CC(=O)Nc2cc(C)ccc2C)cc1F. The first kappa shape index (κ1) is 19.4. The number of hydrogen-bond donors (Lipinski definition) is 1. The Morgan fingerprint density at radius 2 is 1.88 bits per heavy atom. The molecule has 2 aromatic rings. The predicted octanol–water partition coefficient (Wildman–Crippen LogP) is 3.09. The lowest BCUT2D eigenvalue weighted by atomic mass is 10.1. The van der Waals surface area contributed by atoms with E-state index in [-0.39, 0.29) is 30.5 Å². The summed E-state index contributed by atoms with van der Waals surface area (Å²) < 4.78 is 18.6. The molecule has 26 heavy (non-hydrogen) atoms. The van der Waals surface area contributed by atoms with Gasteiger partial charge in [0.15, 0.2) is 11.6 Å². The lowest BCUT2D eigenvalue weighted by Gasteiger charge is -2.18. The first-order valence-corrected chi connectivity index (χ1v) is 8.23. The van der Waals surface area contributed by atoms with Gasteiger partial charge < -0.3 is 15.0 Å². The average molecular weight is 358 g/mol. The van der Waals surface area contributed by atoms with E-state index in [0.717, 1.165) is 16.8 Å². The molecule has 2 amide bonds. The summed E-state index contributed by atoms with van der Waals surface area (Å²) in [5.74, 6) is -0.947. The van der Waals surface area contributed by atoms with E-state index in [9.17, 15) is 14.0 Å². The normalized spacial score (nSPS) is 10.3. The molecule has 5 nitrogen and oxygen atoms in total. The van der Waals surface area contributed by atoms with Gasteiger partial charge in [0.1, 0.15) is 0 Å². The van der Waals surface area contributed by atoms with Gasteiger partial charge in [0.05, 0.1) is 20.1 Å². The highest BCUT2D eigenvalue weighted by Crippen LogP contribution is 2.18. The lowest BCUT2D eigenvalue weighted by Crippen LogP contribution is -2.35. The van der Waals surface area contributed by atoms with Crippen molar-refractivity contribution >= 4 is 17.5 Å². The molecule has 0 aliphatic heterocycles. The first-order chi connectivity index (χ1) is 12.3. The van der Waals surface area contributed by atoms with Crippen LogP contribution in [0.4, 0.5) is 10.1 Å². The zero-order valence-electron chi connectivity index (χ0n) is 15.4. The Morgan fingerprint density at radius 1 is 1.15 bits per heavy atom. The second-order valence-electron chi connectivity index (χ2n) is 6.26. The van der Waals surface area contributed by atoms with Crippen molar-refractivity contribution in [2.24, 2.45) is 0 Å². The molecule has 0 unspecified atom stereocenters. The Hall–Kier alpha value is -2.89. The number of rotatable bonds is 6. The van der Waals surface area contributed by atoms with Crippen molar-refractivity contribution < 1.29 is 18.7 Å². The molecule has 0 bridgehead atoms. The number of amides is 2. The lowest BCUT2D eigenvalue weighted by molar-refractivity contribution is -0.132. The van der Waals surface area contributed by atoms with E-state index in [1.54, 1.807) is 13.1 Å². The highest BCUT2D eigenvalue weighted by atomic mass is 19.1. The molecule has 1 N–H and O–H groups in total. The summed E-state index contributed by atoms with van der Waals surface area (Å²) in [5.41, 5.74) is 3.24. The van der Waals surface area contributed by atoms with Gasteiger partial charge in [-0.1, -0.05) is 18.2 Å². The van der Waals surface area contributed by atoms with Crippen molar-refractivity contribution in [3.8, 4) is 5.75 Å². The van der Waals surface area contributed by atoms with Gasteiger partial charge in [-0.2, -0.15) is 0 Å². The minimum absolute atomic E-state index is 0.00810. The van der Waals surface area contributed by atoms with Crippen molar-refractivity contribution in [2.45, 2.75) is 20.3 Å². The molecule has 0 aliphatic rings. The minimum Gasteiger partial charge on any atom is -0.494 e. The number of likely N-dealkylation sites (N-methyl/N-ethyl adjacent to an activating group) is 1. The summed E-state index contributed by atoms with van der Waals surface area (Å²) in [7, 11) is 2.93. The number of benzene rings is 2. The summed E-state index contributed by atoms with van der Waals surface area (Å²) in [6, 6.07) is 10.2. The van der Waals surface area contributed by atoms with Crippen LogP contribution in [0.2, 0.25) is 0 Å². The van der Waals surface area contributed by atoms with E-state index in [4.69, 9.17) is 4.74 Å². The van der Waals surface area contributed by atoms with Crippen molar-refractivity contribution in [3.05, 3.63) is 58.9 Å². The second-order valence-corrected chi connectivity index (χ2v) is 6.26. The van der Waals surface area contributed by atoms with Crippen LogP contribution in [-0.4, -0.2) is 37.4 Å². The largest absolute Gasteiger partial charge is 0.494 e. The maximum absolute atomic E-state index is 13.7. The minimum atomic E-state index is -0.520. The van der Waals surface area contributed by atoms with Crippen LogP contribution in [0.1, 0.15) is 16.7 Å². The molecule has 0 heterocycles. The van der Waals surface area contributed by atoms with Gasteiger partial charge in [0.25, 0.3) is 0 Å².